The van der Waals surface area contributed by atoms with Gasteiger partial charge in [-0.25, -0.2) is 4.98 Å². The van der Waals surface area contributed by atoms with Crippen molar-refractivity contribution < 1.29 is 9.59 Å². The second-order valence-corrected chi connectivity index (χ2v) is 7.68. The number of nitrogens with two attached hydrogens (primary N) is 1. The first-order valence-electron chi connectivity index (χ1n) is 9.59. The van der Waals surface area contributed by atoms with Crippen LogP contribution in [0.3, 0.4) is 0 Å². The van der Waals surface area contributed by atoms with Gasteiger partial charge in [-0.15, -0.1) is 11.3 Å². The number of nitrogens with zero attached hydrogens (tertiary/aromatic N) is 1. The first-order chi connectivity index (χ1) is 15.1. The summed E-state index contributed by atoms with van der Waals surface area (Å²) < 4.78 is 0.962. The van der Waals surface area contributed by atoms with Crippen LogP contribution in [0.15, 0.2) is 72.3 Å². The first kappa shape index (κ1) is 20.3. The maximum Gasteiger partial charge on any atom is 0.255 e. The van der Waals surface area contributed by atoms with E-state index < -0.39 is 0 Å². The lowest BCUT2D eigenvalue weighted by atomic mass is 10.0. The number of nitrogens with one attached hydrogen (secondary N) is 2. The number of amides is 2. The molecule has 0 saturated carbocycles. The van der Waals surface area contributed by atoms with Gasteiger partial charge in [-0.2, -0.15) is 0 Å². The molecule has 154 valence electrons. The number of carbonyl (C=O) groups excluding carboxylic acids is 2. The summed E-state index contributed by atoms with van der Waals surface area (Å²) in [7, 11) is 1.58. The molecular formula is C24H20N4O2S. The molecule has 0 aliphatic carbocycles. The summed E-state index contributed by atoms with van der Waals surface area (Å²) in [5.41, 5.74) is 10.2. The van der Waals surface area contributed by atoms with Gasteiger partial charge in [0.15, 0.2) is 0 Å². The fourth-order valence-electron chi connectivity index (χ4n) is 3.19. The average molecular weight is 429 g/mol. The van der Waals surface area contributed by atoms with Crippen molar-refractivity contribution in [1.82, 2.24) is 10.3 Å². The molecule has 7 heteroatoms. The number of likely N-dealkylation sites (N-methyl/N-ethyl adjacent to an activating group) is 1. The third-order valence-electron chi connectivity index (χ3n) is 4.80. The van der Waals surface area contributed by atoms with Crippen molar-refractivity contribution in [2.45, 2.75) is 0 Å². The molecule has 0 aliphatic rings. The number of hydrogen-bond donors (Lipinski definition) is 3. The smallest absolute Gasteiger partial charge is 0.255 e. The van der Waals surface area contributed by atoms with Crippen molar-refractivity contribution >= 4 is 50.8 Å². The van der Waals surface area contributed by atoms with Crippen molar-refractivity contribution in [1.29, 1.82) is 0 Å². The SMILES string of the molecule is CNC(=O)C=Cc1cnc(N)c2c(-c3ccc(NC(=O)c4ccccc4)cc3)csc12. The monoisotopic (exact) mass is 428 g/mol. The highest BCUT2D eigenvalue weighted by Gasteiger charge is 2.13. The summed E-state index contributed by atoms with van der Waals surface area (Å²) in [6.45, 7) is 0. The maximum absolute atomic E-state index is 12.3. The number of pyridine rings is 1. The summed E-state index contributed by atoms with van der Waals surface area (Å²) in [5, 5.41) is 8.34. The quantitative estimate of drug-likeness (QED) is 0.406. The highest BCUT2D eigenvalue weighted by Crippen LogP contribution is 2.39. The number of aromatic nitrogens is 1. The number of nitrogen functional groups attached to an aromatic ring is 1. The zero-order valence-corrected chi connectivity index (χ0v) is 17.6. The second kappa shape index (κ2) is 8.81. The van der Waals surface area contributed by atoms with Gasteiger partial charge in [-0.3, -0.25) is 9.59 Å². The van der Waals surface area contributed by atoms with Crippen LogP contribution < -0.4 is 16.4 Å². The Morgan fingerprint density at radius 2 is 1.81 bits per heavy atom. The molecule has 0 unspecified atom stereocenters. The summed E-state index contributed by atoms with van der Waals surface area (Å²) in [4.78, 5) is 28.2. The molecule has 0 atom stereocenters. The predicted molar refractivity (Wildman–Crippen MR) is 127 cm³/mol. The Hall–Kier alpha value is -3.97. The van der Waals surface area contributed by atoms with Crippen LogP contribution in [-0.4, -0.2) is 23.8 Å². The van der Waals surface area contributed by atoms with E-state index in [4.69, 9.17) is 5.73 Å². The largest absolute Gasteiger partial charge is 0.383 e. The highest BCUT2D eigenvalue weighted by atomic mass is 32.1. The second-order valence-electron chi connectivity index (χ2n) is 6.80. The fraction of sp³-hybridized carbons (Fsp3) is 0.0417. The van der Waals surface area contributed by atoms with Crippen molar-refractivity contribution in [3.8, 4) is 11.1 Å². The fourth-order valence-corrected chi connectivity index (χ4v) is 4.27. The molecule has 0 spiro atoms. The number of fused-ring (bicyclic) bond motifs is 1. The van der Waals surface area contributed by atoms with Gasteiger partial charge in [-0.05, 0) is 41.3 Å². The van der Waals surface area contributed by atoms with Crippen molar-refractivity contribution in [2.24, 2.45) is 0 Å². The molecule has 0 bridgehead atoms. The van der Waals surface area contributed by atoms with Gasteiger partial charge < -0.3 is 16.4 Å². The Bertz CT molecular complexity index is 1280. The van der Waals surface area contributed by atoms with E-state index in [9.17, 15) is 9.59 Å². The van der Waals surface area contributed by atoms with Crippen LogP contribution in [0.5, 0.6) is 0 Å². The van der Waals surface area contributed by atoms with Crippen molar-refractivity contribution in [2.75, 3.05) is 18.1 Å². The molecule has 6 nitrogen and oxygen atoms in total. The molecule has 0 fully saturated rings. The lowest BCUT2D eigenvalue weighted by molar-refractivity contribution is -0.115. The number of thiophene rings is 1. The highest BCUT2D eigenvalue weighted by molar-refractivity contribution is 7.18. The Balaban J connectivity index is 1.62. The third-order valence-corrected chi connectivity index (χ3v) is 5.83. The number of hydrogen-bond acceptors (Lipinski definition) is 5. The number of rotatable bonds is 5. The van der Waals surface area contributed by atoms with E-state index >= 15 is 0 Å². The Kier molecular flexibility index (Phi) is 5.77. The van der Waals surface area contributed by atoms with Gasteiger partial charge >= 0.3 is 0 Å². The Morgan fingerprint density at radius 3 is 2.52 bits per heavy atom. The van der Waals surface area contributed by atoms with Gasteiger partial charge in [0.25, 0.3) is 5.91 Å². The van der Waals surface area contributed by atoms with Crippen LogP contribution in [0.25, 0.3) is 27.3 Å². The summed E-state index contributed by atoms with van der Waals surface area (Å²) in [6.07, 6.45) is 4.87. The molecule has 4 rings (SSSR count). The number of anilines is 2. The Labute approximate surface area is 183 Å². The minimum atomic E-state index is -0.185. The molecule has 2 aromatic heterocycles. The molecule has 4 aromatic rings. The number of benzene rings is 2. The molecule has 0 saturated heterocycles. The molecule has 2 heterocycles. The molecule has 2 amide bonds. The summed E-state index contributed by atoms with van der Waals surface area (Å²) in [6, 6.07) is 16.7. The van der Waals surface area contributed by atoms with Crippen LogP contribution >= 0.6 is 11.3 Å². The third kappa shape index (κ3) is 4.31. The maximum atomic E-state index is 12.3. The van der Waals surface area contributed by atoms with Crippen LogP contribution in [0.4, 0.5) is 11.5 Å². The molecule has 0 aliphatic heterocycles. The zero-order valence-electron chi connectivity index (χ0n) is 16.8. The topological polar surface area (TPSA) is 97.1 Å². The predicted octanol–water partition coefficient (Wildman–Crippen LogP) is 4.56. The van der Waals surface area contributed by atoms with Crippen LogP contribution in [0, 0.1) is 0 Å². The summed E-state index contributed by atoms with van der Waals surface area (Å²) >= 11 is 1.55. The van der Waals surface area contributed by atoms with E-state index in [-0.39, 0.29) is 11.8 Å². The summed E-state index contributed by atoms with van der Waals surface area (Å²) in [5.74, 6) is 0.0926. The normalized spacial score (nSPS) is 11.0. The van der Waals surface area contributed by atoms with E-state index in [1.54, 1.807) is 42.8 Å². The molecule has 4 N–H and O–H groups in total. The lowest BCUT2D eigenvalue weighted by Crippen LogP contribution is -2.13. The number of carbonyl (C=O) groups is 2. The minimum absolute atomic E-state index is 0.157. The van der Waals surface area contributed by atoms with E-state index in [1.807, 2.05) is 47.8 Å². The van der Waals surface area contributed by atoms with Gasteiger partial charge in [0, 0.05) is 51.8 Å². The van der Waals surface area contributed by atoms with Gasteiger partial charge in [0.2, 0.25) is 5.91 Å². The van der Waals surface area contributed by atoms with E-state index in [1.165, 1.54) is 6.08 Å². The van der Waals surface area contributed by atoms with Gasteiger partial charge in [0.1, 0.15) is 5.82 Å². The van der Waals surface area contributed by atoms with E-state index in [0.29, 0.717) is 17.1 Å². The Morgan fingerprint density at radius 1 is 1.06 bits per heavy atom. The van der Waals surface area contributed by atoms with Crippen LogP contribution in [-0.2, 0) is 4.79 Å². The van der Waals surface area contributed by atoms with Crippen molar-refractivity contribution in [3.05, 3.63) is 83.4 Å². The van der Waals surface area contributed by atoms with Gasteiger partial charge in [-0.1, -0.05) is 30.3 Å². The first-order valence-corrected chi connectivity index (χ1v) is 10.5. The lowest BCUT2D eigenvalue weighted by Gasteiger charge is -2.07. The molecule has 0 radical (unpaired) electrons. The van der Waals surface area contributed by atoms with Crippen LogP contribution in [0.1, 0.15) is 15.9 Å². The average Bonchev–Trinajstić information content (AvgIpc) is 3.26. The molecular weight excluding hydrogens is 408 g/mol. The van der Waals surface area contributed by atoms with E-state index in [2.05, 4.69) is 15.6 Å². The van der Waals surface area contributed by atoms with Crippen molar-refractivity contribution in [3.63, 3.8) is 0 Å². The van der Waals surface area contributed by atoms with E-state index in [0.717, 1.165) is 26.8 Å². The standard InChI is InChI=1S/C24H20N4O2S/c1-26-20(29)12-9-17-13-27-23(25)21-19(14-31-22(17)21)15-7-10-18(11-8-15)28-24(30)16-5-3-2-4-6-16/h2-14H,1H3,(H2,25,27)(H,26,29)(H,28,30). The zero-order chi connectivity index (χ0) is 21.8. The van der Waals surface area contributed by atoms with Crippen LogP contribution in [0.2, 0.25) is 0 Å². The minimum Gasteiger partial charge on any atom is -0.383 e. The van der Waals surface area contributed by atoms with Gasteiger partial charge in [0.05, 0.1) is 0 Å². The molecule has 31 heavy (non-hydrogen) atoms. The molecule has 2 aromatic carbocycles.